The van der Waals surface area contributed by atoms with Gasteiger partial charge < -0.3 is 14.4 Å². The molecule has 1 saturated heterocycles. The minimum absolute atomic E-state index is 0.0379. The molecule has 0 aromatic heterocycles. The van der Waals surface area contributed by atoms with E-state index in [0.29, 0.717) is 0 Å². The minimum atomic E-state index is -0.294. The lowest BCUT2D eigenvalue weighted by Crippen LogP contribution is -2.36. The van der Waals surface area contributed by atoms with Gasteiger partial charge in [-0.05, 0) is 51.5 Å². The lowest BCUT2D eigenvalue weighted by molar-refractivity contribution is 0.00304. The van der Waals surface area contributed by atoms with Gasteiger partial charge in [0.15, 0.2) is 5.78 Å². The SMILES string of the molecule is Cc1cc(N2CCOCC2)ccc1C(=O)COC(C)(C)C. The van der Waals surface area contributed by atoms with Crippen molar-refractivity contribution in [2.45, 2.75) is 33.3 Å². The number of rotatable bonds is 4. The molecule has 0 spiro atoms. The Morgan fingerprint density at radius 2 is 1.95 bits per heavy atom. The highest BCUT2D eigenvalue weighted by molar-refractivity contribution is 5.98. The molecule has 4 nitrogen and oxygen atoms in total. The van der Waals surface area contributed by atoms with Crippen LogP contribution in [0.15, 0.2) is 18.2 Å². The van der Waals surface area contributed by atoms with Crippen molar-refractivity contribution in [1.29, 1.82) is 0 Å². The summed E-state index contributed by atoms with van der Waals surface area (Å²) >= 11 is 0. The summed E-state index contributed by atoms with van der Waals surface area (Å²) < 4.78 is 10.9. The number of ketones is 1. The molecule has 1 aliphatic heterocycles. The van der Waals surface area contributed by atoms with Gasteiger partial charge in [-0.2, -0.15) is 0 Å². The average molecular weight is 291 g/mol. The summed E-state index contributed by atoms with van der Waals surface area (Å²) in [5, 5.41) is 0. The summed E-state index contributed by atoms with van der Waals surface area (Å²) in [5.41, 5.74) is 2.61. The van der Waals surface area contributed by atoms with Crippen LogP contribution in [0.5, 0.6) is 0 Å². The third-order valence-electron chi connectivity index (χ3n) is 3.52. The number of aryl methyl sites for hydroxylation is 1. The van der Waals surface area contributed by atoms with E-state index < -0.39 is 0 Å². The van der Waals surface area contributed by atoms with Crippen LogP contribution in [0.3, 0.4) is 0 Å². The summed E-state index contributed by atoms with van der Waals surface area (Å²) in [7, 11) is 0. The van der Waals surface area contributed by atoms with E-state index in [1.54, 1.807) is 0 Å². The number of hydrogen-bond acceptors (Lipinski definition) is 4. The van der Waals surface area contributed by atoms with Gasteiger partial charge in [-0.3, -0.25) is 4.79 Å². The quantitative estimate of drug-likeness (QED) is 0.800. The van der Waals surface area contributed by atoms with Crippen LogP contribution in [-0.2, 0) is 9.47 Å². The standard InChI is InChI=1S/C17H25NO3/c1-13-11-14(18-7-9-20-10-8-18)5-6-15(13)16(19)12-21-17(2,3)4/h5-6,11H,7-10,12H2,1-4H3. The van der Waals surface area contributed by atoms with E-state index in [4.69, 9.17) is 9.47 Å². The fourth-order valence-corrected chi connectivity index (χ4v) is 2.34. The lowest BCUT2D eigenvalue weighted by Gasteiger charge is -2.29. The summed E-state index contributed by atoms with van der Waals surface area (Å²) in [6, 6.07) is 6.01. The maximum absolute atomic E-state index is 12.2. The van der Waals surface area contributed by atoms with Crippen LogP contribution < -0.4 is 4.90 Å². The van der Waals surface area contributed by atoms with Crippen LogP contribution in [0, 0.1) is 6.92 Å². The third-order valence-corrected chi connectivity index (χ3v) is 3.52. The molecule has 2 rings (SSSR count). The first-order valence-electron chi connectivity index (χ1n) is 7.47. The van der Waals surface area contributed by atoms with E-state index in [9.17, 15) is 4.79 Å². The molecule has 1 aromatic carbocycles. The second-order valence-corrected chi connectivity index (χ2v) is 6.42. The molecule has 21 heavy (non-hydrogen) atoms. The first-order chi connectivity index (χ1) is 9.87. The van der Waals surface area contributed by atoms with Gasteiger partial charge in [-0.15, -0.1) is 0 Å². The highest BCUT2D eigenvalue weighted by atomic mass is 16.5. The van der Waals surface area contributed by atoms with Gasteiger partial charge in [0.05, 0.1) is 18.8 Å². The molecule has 0 saturated carbocycles. The highest BCUT2D eigenvalue weighted by Gasteiger charge is 2.17. The fraction of sp³-hybridized carbons (Fsp3) is 0.588. The Bertz CT molecular complexity index is 499. The lowest BCUT2D eigenvalue weighted by atomic mass is 10.0. The molecule has 0 bridgehead atoms. The Morgan fingerprint density at radius 1 is 1.29 bits per heavy atom. The summed E-state index contributed by atoms with van der Waals surface area (Å²) in [6.07, 6.45) is 0. The monoisotopic (exact) mass is 291 g/mol. The van der Waals surface area contributed by atoms with Crippen molar-refractivity contribution in [3.8, 4) is 0 Å². The molecule has 0 N–H and O–H groups in total. The van der Waals surface area contributed by atoms with Crippen molar-refractivity contribution in [2.75, 3.05) is 37.8 Å². The van der Waals surface area contributed by atoms with Gasteiger partial charge in [-0.25, -0.2) is 0 Å². The van der Waals surface area contributed by atoms with Gasteiger partial charge in [0.2, 0.25) is 0 Å². The summed E-state index contributed by atoms with van der Waals surface area (Å²) in [4.78, 5) is 14.5. The van der Waals surface area contributed by atoms with Gasteiger partial charge in [-0.1, -0.05) is 0 Å². The van der Waals surface area contributed by atoms with Crippen molar-refractivity contribution in [1.82, 2.24) is 0 Å². The topological polar surface area (TPSA) is 38.8 Å². The average Bonchev–Trinajstić information content (AvgIpc) is 2.45. The van der Waals surface area contributed by atoms with Crippen molar-refractivity contribution >= 4 is 11.5 Å². The molecule has 116 valence electrons. The number of benzene rings is 1. The van der Waals surface area contributed by atoms with Crippen LogP contribution in [-0.4, -0.2) is 44.3 Å². The van der Waals surface area contributed by atoms with E-state index in [2.05, 4.69) is 11.0 Å². The zero-order valence-electron chi connectivity index (χ0n) is 13.4. The number of nitrogens with zero attached hydrogens (tertiary/aromatic N) is 1. The Balaban J connectivity index is 2.06. The van der Waals surface area contributed by atoms with E-state index in [1.165, 1.54) is 0 Å². The zero-order chi connectivity index (χ0) is 15.5. The van der Waals surface area contributed by atoms with Crippen LogP contribution in [0.2, 0.25) is 0 Å². The number of Topliss-reactive ketones (excluding diaryl/α,β-unsaturated/α-hetero) is 1. The number of hydrogen-bond donors (Lipinski definition) is 0. The highest BCUT2D eigenvalue weighted by Crippen LogP contribution is 2.21. The zero-order valence-corrected chi connectivity index (χ0v) is 13.4. The Hall–Kier alpha value is -1.39. The van der Waals surface area contributed by atoms with Crippen molar-refractivity contribution < 1.29 is 14.3 Å². The fourth-order valence-electron chi connectivity index (χ4n) is 2.34. The molecule has 0 amide bonds. The van der Waals surface area contributed by atoms with Crippen LogP contribution in [0.1, 0.15) is 36.7 Å². The van der Waals surface area contributed by atoms with E-state index >= 15 is 0 Å². The molecule has 1 aromatic rings. The molecule has 4 heteroatoms. The number of carbonyl (C=O) groups excluding carboxylic acids is 1. The Kier molecular flexibility index (Phi) is 5.01. The normalized spacial score (nSPS) is 16.1. The second kappa shape index (κ2) is 6.58. The first-order valence-corrected chi connectivity index (χ1v) is 7.47. The molecule has 0 aliphatic carbocycles. The maximum Gasteiger partial charge on any atom is 0.188 e. The summed E-state index contributed by atoms with van der Waals surface area (Å²) in [5.74, 6) is 0.0379. The smallest absolute Gasteiger partial charge is 0.188 e. The number of ether oxygens (including phenoxy) is 2. The second-order valence-electron chi connectivity index (χ2n) is 6.42. The Labute approximate surface area is 127 Å². The van der Waals surface area contributed by atoms with Crippen LogP contribution in [0.4, 0.5) is 5.69 Å². The van der Waals surface area contributed by atoms with Gasteiger partial charge in [0, 0.05) is 24.3 Å². The van der Waals surface area contributed by atoms with Gasteiger partial charge in [0.1, 0.15) is 6.61 Å². The molecule has 1 aliphatic rings. The molecule has 0 atom stereocenters. The van der Waals surface area contributed by atoms with E-state index in [0.717, 1.165) is 43.1 Å². The third kappa shape index (κ3) is 4.55. The predicted octanol–water partition coefficient (Wildman–Crippen LogP) is 2.83. The predicted molar refractivity (Wildman–Crippen MR) is 84.2 cm³/mol. The first kappa shape index (κ1) is 16.0. The van der Waals surface area contributed by atoms with E-state index in [1.807, 2.05) is 39.8 Å². The van der Waals surface area contributed by atoms with Gasteiger partial charge >= 0.3 is 0 Å². The minimum Gasteiger partial charge on any atom is -0.378 e. The molecular weight excluding hydrogens is 266 g/mol. The number of morpholine rings is 1. The molecule has 1 heterocycles. The van der Waals surface area contributed by atoms with Crippen molar-refractivity contribution in [2.24, 2.45) is 0 Å². The van der Waals surface area contributed by atoms with E-state index in [-0.39, 0.29) is 18.0 Å². The molecule has 0 unspecified atom stereocenters. The van der Waals surface area contributed by atoms with Crippen LogP contribution >= 0.6 is 0 Å². The largest absolute Gasteiger partial charge is 0.378 e. The van der Waals surface area contributed by atoms with Crippen LogP contribution in [0.25, 0.3) is 0 Å². The maximum atomic E-state index is 12.2. The molecular formula is C17H25NO3. The summed E-state index contributed by atoms with van der Waals surface area (Å²) in [6.45, 7) is 11.3. The molecule has 1 fully saturated rings. The number of carbonyl (C=O) groups is 1. The van der Waals surface area contributed by atoms with Crippen molar-refractivity contribution in [3.05, 3.63) is 29.3 Å². The molecule has 0 radical (unpaired) electrons. The van der Waals surface area contributed by atoms with Gasteiger partial charge in [0.25, 0.3) is 0 Å². The Morgan fingerprint density at radius 3 is 2.52 bits per heavy atom. The van der Waals surface area contributed by atoms with Crippen molar-refractivity contribution in [3.63, 3.8) is 0 Å². The number of anilines is 1.